The summed E-state index contributed by atoms with van der Waals surface area (Å²) < 4.78 is 19.4. The predicted octanol–water partition coefficient (Wildman–Crippen LogP) is 3.17. The first-order valence-electron chi connectivity index (χ1n) is 6.35. The van der Waals surface area contributed by atoms with Crippen molar-refractivity contribution in [2.24, 2.45) is 5.73 Å². The summed E-state index contributed by atoms with van der Waals surface area (Å²) in [5.41, 5.74) is 7.53. The SMILES string of the molecule is Cc1ccc([C@@]2(N)CCOc3cc(Cl)cnc32)cc1F. The molecule has 104 valence electrons. The van der Waals surface area contributed by atoms with Crippen molar-refractivity contribution >= 4 is 11.6 Å². The van der Waals surface area contributed by atoms with Crippen LogP contribution in [0.1, 0.15) is 23.2 Å². The fourth-order valence-corrected chi connectivity index (χ4v) is 2.61. The lowest BCUT2D eigenvalue weighted by Crippen LogP contribution is -2.43. The van der Waals surface area contributed by atoms with Gasteiger partial charge in [-0.3, -0.25) is 4.98 Å². The standard InChI is InChI=1S/C15H14ClFN2O/c1-9-2-3-10(6-12(9)17)15(18)4-5-20-13-7-11(16)8-19-14(13)15/h2-3,6-8H,4-5,18H2,1H3/t15-/m0/s1. The summed E-state index contributed by atoms with van der Waals surface area (Å²) >= 11 is 5.92. The van der Waals surface area contributed by atoms with Crippen molar-refractivity contribution in [2.75, 3.05) is 6.61 Å². The van der Waals surface area contributed by atoms with Gasteiger partial charge in [0.1, 0.15) is 17.3 Å². The molecule has 2 heterocycles. The molecule has 0 aliphatic carbocycles. The van der Waals surface area contributed by atoms with E-state index < -0.39 is 5.54 Å². The average molecular weight is 293 g/mol. The monoisotopic (exact) mass is 292 g/mol. The largest absolute Gasteiger partial charge is 0.491 e. The van der Waals surface area contributed by atoms with Gasteiger partial charge in [-0.05, 0) is 24.1 Å². The van der Waals surface area contributed by atoms with Gasteiger partial charge in [0, 0.05) is 18.7 Å². The van der Waals surface area contributed by atoms with Crippen LogP contribution in [0.3, 0.4) is 0 Å². The van der Waals surface area contributed by atoms with Crippen molar-refractivity contribution in [1.82, 2.24) is 4.98 Å². The Hall–Kier alpha value is -1.65. The fourth-order valence-electron chi connectivity index (χ4n) is 2.46. The number of benzene rings is 1. The van der Waals surface area contributed by atoms with Crippen molar-refractivity contribution < 1.29 is 9.13 Å². The number of hydrogen-bond acceptors (Lipinski definition) is 3. The van der Waals surface area contributed by atoms with Crippen LogP contribution in [0.25, 0.3) is 0 Å². The molecule has 20 heavy (non-hydrogen) atoms. The summed E-state index contributed by atoms with van der Waals surface area (Å²) in [5.74, 6) is 0.293. The maximum Gasteiger partial charge on any atom is 0.144 e. The van der Waals surface area contributed by atoms with E-state index in [0.717, 1.165) is 0 Å². The van der Waals surface area contributed by atoms with Gasteiger partial charge in [-0.1, -0.05) is 23.7 Å². The second-order valence-corrected chi connectivity index (χ2v) is 5.47. The average Bonchev–Trinajstić information content (AvgIpc) is 2.41. The zero-order valence-electron chi connectivity index (χ0n) is 11.0. The van der Waals surface area contributed by atoms with Crippen molar-refractivity contribution in [3.05, 3.63) is 58.1 Å². The molecule has 5 heteroatoms. The molecular formula is C15H14ClFN2O. The Balaban J connectivity index is 2.15. The van der Waals surface area contributed by atoms with Gasteiger partial charge in [-0.25, -0.2) is 4.39 Å². The highest BCUT2D eigenvalue weighted by atomic mass is 35.5. The second kappa shape index (κ2) is 4.72. The van der Waals surface area contributed by atoms with Gasteiger partial charge in [-0.2, -0.15) is 0 Å². The quantitative estimate of drug-likeness (QED) is 0.878. The third kappa shape index (κ3) is 2.05. The molecule has 3 nitrogen and oxygen atoms in total. The zero-order valence-corrected chi connectivity index (χ0v) is 11.7. The Morgan fingerprint density at radius 2 is 2.20 bits per heavy atom. The number of aryl methyl sites for hydroxylation is 1. The van der Waals surface area contributed by atoms with E-state index in [2.05, 4.69) is 4.98 Å². The molecule has 0 radical (unpaired) electrons. The lowest BCUT2D eigenvalue weighted by molar-refractivity contribution is 0.232. The first-order valence-corrected chi connectivity index (χ1v) is 6.73. The van der Waals surface area contributed by atoms with Crippen LogP contribution in [0.4, 0.5) is 4.39 Å². The van der Waals surface area contributed by atoms with E-state index in [0.29, 0.717) is 40.6 Å². The van der Waals surface area contributed by atoms with Crippen LogP contribution in [0, 0.1) is 12.7 Å². The predicted molar refractivity (Wildman–Crippen MR) is 75.5 cm³/mol. The summed E-state index contributed by atoms with van der Waals surface area (Å²) in [7, 11) is 0. The van der Waals surface area contributed by atoms with Crippen LogP contribution in [-0.4, -0.2) is 11.6 Å². The van der Waals surface area contributed by atoms with Gasteiger partial charge in [0.2, 0.25) is 0 Å². The molecular weight excluding hydrogens is 279 g/mol. The number of rotatable bonds is 1. The molecule has 1 aliphatic heterocycles. The molecule has 0 bridgehead atoms. The zero-order chi connectivity index (χ0) is 14.3. The Bertz CT molecular complexity index is 677. The normalized spacial score (nSPS) is 21.2. The van der Waals surface area contributed by atoms with Gasteiger partial charge in [-0.15, -0.1) is 0 Å². The lowest BCUT2D eigenvalue weighted by Gasteiger charge is -2.35. The Labute approximate surface area is 121 Å². The van der Waals surface area contributed by atoms with Crippen LogP contribution < -0.4 is 10.5 Å². The minimum Gasteiger partial charge on any atom is -0.491 e. The van der Waals surface area contributed by atoms with Gasteiger partial charge in [0.25, 0.3) is 0 Å². The molecule has 2 aromatic rings. The molecule has 0 saturated carbocycles. The van der Waals surface area contributed by atoms with E-state index in [-0.39, 0.29) is 5.82 Å². The van der Waals surface area contributed by atoms with Crippen LogP contribution in [0.5, 0.6) is 5.75 Å². The van der Waals surface area contributed by atoms with E-state index in [1.54, 1.807) is 19.1 Å². The van der Waals surface area contributed by atoms with E-state index in [4.69, 9.17) is 22.1 Å². The highest BCUT2D eigenvalue weighted by Crippen LogP contribution is 2.39. The summed E-state index contributed by atoms with van der Waals surface area (Å²) in [6.07, 6.45) is 2.07. The summed E-state index contributed by atoms with van der Waals surface area (Å²) in [5, 5.41) is 0.489. The topological polar surface area (TPSA) is 48.1 Å². The van der Waals surface area contributed by atoms with Crippen molar-refractivity contribution in [2.45, 2.75) is 18.9 Å². The van der Waals surface area contributed by atoms with Gasteiger partial charge in [0.15, 0.2) is 0 Å². The maximum absolute atomic E-state index is 13.8. The lowest BCUT2D eigenvalue weighted by atomic mass is 9.82. The van der Waals surface area contributed by atoms with Gasteiger partial charge < -0.3 is 10.5 Å². The number of halogens is 2. The summed E-state index contributed by atoms with van der Waals surface area (Å²) in [4.78, 5) is 4.30. The number of nitrogens with two attached hydrogens (primary N) is 1. The minimum absolute atomic E-state index is 0.269. The smallest absolute Gasteiger partial charge is 0.144 e. The number of ether oxygens (including phenoxy) is 1. The van der Waals surface area contributed by atoms with Crippen LogP contribution >= 0.6 is 11.6 Å². The van der Waals surface area contributed by atoms with Crippen LogP contribution in [-0.2, 0) is 5.54 Å². The van der Waals surface area contributed by atoms with Crippen LogP contribution in [0.2, 0.25) is 5.02 Å². The van der Waals surface area contributed by atoms with Gasteiger partial charge >= 0.3 is 0 Å². The molecule has 0 unspecified atom stereocenters. The first-order chi connectivity index (χ1) is 9.50. The van der Waals surface area contributed by atoms with Crippen molar-refractivity contribution in [3.63, 3.8) is 0 Å². The van der Waals surface area contributed by atoms with Crippen molar-refractivity contribution in [1.29, 1.82) is 0 Å². The van der Waals surface area contributed by atoms with E-state index in [1.807, 2.05) is 6.07 Å². The number of fused-ring (bicyclic) bond motifs is 1. The fraction of sp³-hybridized carbons (Fsp3) is 0.267. The number of pyridine rings is 1. The molecule has 1 aromatic carbocycles. The summed E-state index contributed by atoms with van der Waals surface area (Å²) in [6, 6.07) is 6.73. The number of nitrogens with zero attached hydrogens (tertiary/aromatic N) is 1. The molecule has 1 atom stereocenters. The molecule has 1 aliphatic rings. The summed E-state index contributed by atoms with van der Waals surface area (Å²) in [6.45, 7) is 2.17. The Morgan fingerprint density at radius 1 is 1.40 bits per heavy atom. The highest BCUT2D eigenvalue weighted by Gasteiger charge is 2.37. The third-order valence-electron chi connectivity index (χ3n) is 3.68. The Kier molecular flexibility index (Phi) is 3.15. The molecule has 0 spiro atoms. The first kappa shape index (κ1) is 13.3. The van der Waals surface area contributed by atoms with E-state index in [9.17, 15) is 4.39 Å². The van der Waals surface area contributed by atoms with E-state index in [1.165, 1.54) is 12.3 Å². The molecule has 2 N–H and O–H groups in total. The van der Waals surface area contributed by atoms with E-state index >= 15 is 0 Å². The molecule has 3 rings (SSSR count). The van der Waals surface area contributed by atoms with Crippen LogP contribution in [0.15, 0.2) is 30.5 Å². The molecule has 0 fully saturated rings. The van der Waals surface area contributed by atoms with Crippen molar-refractivity contribution in [3.8, 4) is 5.75 Å². The van der Waals surface area contributed by atoms with Gasteiger partial charge in [0.05, 0.1) is 17.2 Å². The number of hydrogen-bond donors (Lipinski definition) is 1. The molecule has 0 amide bonds. The maximum atomic E-state index is 13.8. The number of aromatic nitrogens is 1. The third-order valence-corrected chi connectivity index (χ3v) is 3.89. The Morgan fingerprint density at radius 3 is 2.95 bits per heavy atom. The molecule has 0 saturated heterocycles. The second-order valence-electron chi connectivity index (χ2n) is 5.03. The minimum atomic E-state index is -0.854. The highest BCUT2D eigenvalue weighted by molar-refractivity contribution is 6.30. The molecule has 1 aromatic heterocycles.